The summed E-state index contributed by atoms with van der Waals surface area (Å²) in [5, 5.41) is 0.777. The summed E-state index contributed by atoms with van der Waals surface area (Å²) < 4.78 is 0. The van der Waals surface area contributed by atoms with Gasteiger partial charge in [0.25, 0.3) is 0 Å². The van der Waals surface area contributed by atoms with Gasteiger partial charge in [-0.3, -0.25) is 0 Å². The van der Waals surface area contributed by atoms with Gasteiger partial charge >= 0.3 is 0 Å². The van der Waals surface area contributed by atoms with E-state index in [9.17, 15) is 0 Å². The van der Waals surface area contributed by atoms with Gasteiger partial charge in [0.05, 0.1) is 7.85 Å². The van der Waals surface area contributed by atoms with Crippen LogP contribution in [0.4, 0.5) is 0 Å². The Morgan fingerprint density at radius 2 is 1.92 bits per heavy atom. The summed E-state index contributed by atoms with van der Waals surface area (Å²) in [4.78, 5) is 0. The van der Waals surface area contributed by atoms with Crippen molar-refractivity contribution in [1.82, 2.24) is 0 Å². The molecule has 0 atom stereocenters. The lowest BCUT2D eigenvalue weighted by Gasteiger charge is -1.93. The van der Waals surface area contributed by atoms with Crippen molar-refractivity contribution in [1.29, 1.82) is 0 Å². The molecule has 0 N–H and O–H groups in total. The Hall–Kier alpha value is -0.685. The number of halogens is 1. The van der Waals surface area contributed by atoms with Crippen molar-refractivity contribution in [2.24, 2.45) is 0 Å². The standard InChI is InChI=1S/C11H12BCl/c12-9-3-1-2-4-10-5-7-11(13)8-6-10/h2,4-8H,1,3,9H2/b4-2+. The predicted octanol–water partition coefficient (Wildman–Crippen LogP) is 3.72. The van der Waals surface area contributed by atoms with Crippen LogP contribution in [0.3, 0.4) is 0 Å². The molecule has 0 unspecified atom stereocenters. The van der Waals surface area contributed by atoms with Gasteiger partial charge in [-0.1, -0.05) is 48.6 Å². The van der Waals surface area contributed by atoms with E-state index in [2.05, 4.69) is 12.2 Å². The fourth-order valence-electron chi connectivity index (χ4n) is 1.03. The molecule has 0 saturated carbocycles. The summed E-state index contributed by atoms with van der Waals surface area (Å²) in [6.45, 7) is 0. The molecule has 0 nitrogen and oxygen atoms in total. The van der Waals surface area contributed by atoms with Crippen LogP contribution >= 0.6 is 11.6 Å². The van der Waals surface area contributed by atoms with E-state index in [0.717, 1.165) is 24.2 Å². The van der Waals surface area contributed by atoms with Crippen molar-refractivity contribution in [3.05, 3.63) is 40.9 Å². The number of benzene rings is 1. The summed E-state index contributed by atoms with van der Waals surface area (Å²) in [6, 6.07) is 7.79. The largest absolute Gasteiger partial charge is 0.0884 e. The average molecular weight is 190 g/mol. The van der Waals surface area contributed by atoms with Gasteiger partial charge in [0.15, 0.2) is 0 Å². The fourth-order valence-corrected chi connectivity index (χ4v) is 1.15. The quantitative estimate of drug-likeness (QED) is 0.501. The molecule has 0 spiro atoms. The Kier molecular flexibility index (Phi) is 4.70. The Bertz CT molecular complexity index is 264. The van der Waals surface area contributed by atoms with Crippen molar-refractivity contribution >= 4 is 25.5 Å². The molecule has 13 heavy (non-hydrogen) atoms. The molecular formula is C11H12BCl. The third-order valence-electron chi connectivity index (χ3n) is 1.76. The lowest BCUT2D eigenvalue weighted by atomic mass is 10.0. The first kappa shape index (κ1) is 10.4. The number of rotatable bonds is 4. The van der Waals surface area contributed by atoms with Gasteiger partial charge in [0.1, 0.15) is 0 Å². The highest BCUT2D eigenvalue weighted by Gasteiger charge is 1.86. The molecule has 66 valence electrons. The van der Waals surface area contributed by atoms with Gasteiger partial charge in [-0.25, -0.2) is 0 Å². The van der Waals surface area contributed by atoms with Crippen LogP contribution in [0.5, 0.6) is 0 Å². The van der Waals surface area contributed by atoms with Gasteiger partial charge in [0.2, 0.25) is 0 Å². The third-order valence-corrected chi connectivity index (χ3v) is 2.01. The number of allylic oxidation sites excluding steroid dienone is 1. The molecular weight excluding hydrogens is 178 g/mol. The molecule has 0 bridgehead atoms. The topological polar surface area (TPSA) is 0 Å². The van der Waals surface area contributed by atoms with Crippen molar-refractivity contribution in [3.8, 4) is 0 Å². The average Bonchev–Trinajstić information content (AvgIpc) is 2.15. The van der Waals surface area contributed by atoms with Crippen LogP contribution in [-0.4, -0.2) is 7.85 Å². The minimum atomic E-state index is 0.755. The lowest BCUT2D eigenvalue weighted by Crippen LogP contribution is -1.72. The zero-order valence-electron chi connectivity index (χ0n) is 7.54. The van der Waals surface area contributed by atoms with Crippen LogP contribution in [0.15, 0.2) is 30.3 Å². The zero-order valence-corrected chi connectivity index (χ0v) is 8.30. The van der Waals surface area contributed by atoms with E-state index in [1.165, 1.54) is 5.56 Å². The maximum absolute atomic E-state index is 5.75. The van der Waals surface area contributed by atoms with Crippen molar-refractivity contribution < 1.29 is 0 Å². The first-order valence-electron chi connectivity index (χ1n) is 4.45. The molecule has 2 radical (unpaired) electrons. The van der Waals surface area contributed by atoms with Gasteiger partial charge in [-0.15, -0.1) is 0 Å². The summed E-state index contributed by atoms with van der Waals surface area (Å²) in [5.41, 5.74) is 1.18. The first-order valence-corrected chi connectivity index (χ1v) is 4.83. The molecule has 1 aromatic carbocycles. The monoisotopic (exact) mass is 190 g/mol. The second-order valence-corrected chi connectivity index (χ2v) is 3.32. The smallest absolute Gasteiger partial charge is 0.0653 e. The van der Waals surface area contributed by atoms with Crippen molar-refractivity contribution in [2.75, 3.05) is 0 Å². The van der Waals surface area contributed by atoms with Crippen LogP contribution in [-0.2, 0) is 0 Å². The van der Waals surface area contributed by atoms with E-state index >= 15 is 0 Å². The van der Waals surface area contributed by atoms with E-state index < -0.39 is 0 Å². The molecule has 0 saturated heterocycles. The Morgan fingerprint density at radius 3 is 2.54 bits per heavy atom. The second-order valence-electron chi connectivity index (χ2n) is 2.88. The minimum Gasteiger partial charge on any atom is -0.0884 e. The zero-order chi connectivity index (χ0) is 9.52. The predicted molar refractivity (Wildman–Crippen MR) is 60.3 cm³/mol. The van der Waals surface area contributed by atoms with E-state index in [4.69, 9.17) is 19.4 Å². The Labute approximate surface area is 86.0 Å². The summed E-state index contributed by atoms with van der Waals surface area (Å²) in [5.74, 6) is 0. The van der Waals surface area contributed by atoms with Crippen LogP contribution in [0.2, 0.25) is 11.3 Å². The third kappa shape index (κ3) is 4.19. The highest BCUT2D eigenvalue weighted by molar-refractivity contribution is 6.30. The van der Waals surface area contributed by atoms with E-state index in [1.807, 2.05) is 24.3 Å². The lowest BCUT2D eigenvalue weighted by molar-refractivity contribution is 0.959. The second kappa shape index (κ2) is 5.87. The SMILES string of the molecule is [B]CCC/C=C/c1ccc(Cl)cc1. The Morgan fingerprint density at radius 1 is 1.23 bits per heavy atom. The molecule has 0 aliphatic rings. The van der Waals surface area contributed by atoms with Crippen LogP contribution in [0, 0.1) is 0 Å². The van der Waals surface area contributed by atoms with E-state index in [0.29, 0.717) is 0 Å². The minimum absolute atomic E-state index is 0.755. The molecule has 0 amide bonds. The summed E-state index contributed by atoms with van der Waals surface area (Å²) in [7, 11) is 5.38. The molecule has 0 aliphatic heterocycles. The molecule has 0 fully saturated rings. The molecule has 1 rings (SSSR count). The van der Waals surface area contributed by atoms with Gasteiger partial charge in [-0.05, 0) is 24.1 Å². The highest BCUT2D eigenvalue weighted by atomic mass is 35.5. The molecule has 1 aromatic rings. The number of hydrogen-bond acceptors (Lipinski definition) is 0. The van der Waals surface area contributed by atoms with Crippen LogP contribution < -0.4 is 0 Å². The first-order chi connectivity index (χ1) is 6.33. The number of hydrogen-bond donors (Lipinski definition) is 0. The van der Waals surface area contributed by atoms with Crippen molar-refractivity contribution in [3.63, 3.8) is 0 Å². The summed E-state index contributed by atoms with van der Waals surface area (Å²) in [6.07, 6.45) is 7.07. The summed E-state index contributed by atoms with van der Waals surface area (Å²) >= 11 is 5.75. The maximum Gasteiger partial charge on any atom is 0.0653 e. The van der Waals surface area contributed by atoms with Gasteiger partial charge in [-0.2, -0.15) is 0 Å². The molecule has 0 aromatic heterocycles. The fraction of sp³-hybridized carbons (Fsp3) is 0.273. The number of unbranched alkanes of at least 4 members (excludes halogenated alkanes) is 1. The van der Waals surface area contributed by atoms with Crippen LogP contribution in [0.25, 0.3) is 6.08 Å². The normalized spacial score (nSPS) is 10.8. The van der Waals surface area contributed by atoms with Crippen molar-refractivity contribution in [2.45, 2.75) is 19.2 Å². The maximum atomic E-state index is 5.75. The van der Waals surface area contributed by atoms with E-state index in [-0.39, 0.29) is 0 Å². The van der Waals surface area contributed by atoms with Gasteiger partial charge < -0.3 is 0 Å². The molecule has 0 aliphatic carbocycles. The van der Waals surface area contributed by atoms with Gasteiger partial charge in [0, 0.05) is 5.02 Å². The Balaban J connectivity index is 2.44. The van der Waals surface area contributed by atoms with Crippen LogP contribution in [0.1, 0.15) is 18.4 Å². The molecule has 0 heterocycles. The molecule has 2 heteroatoms. The van der Waals surface area contributed by atoms with E-state index in [1.54, 1.807) is 0 Å². The highest BCUT2D eigenvalue weighted by Crippen LogP contribution is 2.11.